The molecule has 0 unspecified atom stereocenters. The fraction of sp³-hybridized carbons (Fsp3) is 0.125. The van der Waals surface area contributed by atoms with Gasteiger partial charge in [0.25, 0.3) is 0 Å². The lowest BCUT2D eigenvalue weighted by atomic mass is 10.0. The maximum absolute atomic E-state index is 10.9. The molecule has 0 N–H and O–H groups in total. The topological polar surface area (TPSA) is 42.9 Å². The molecule has 0 atom stereocenters. The number of carbonyl (C=O) groups excluding carboxylic acids is 1. The highest BCUT2D eigenvalue weighted by Crippen LogP contribution is 2.13. The van der Waals surface area contributed by atoms with Crippen LogP contribution in [0.4, 0.5) is 0 Å². The van der Waals surface area contributed by atoms with E-state index in [1.807, 2.05) is 0 Å². The van der Waals surface area contributed by atoms with E-state index in [0.717, 1.165) is 11.1 Å². The molecule has 0 spiro atoms. The third-order valence-corrected chi connectivity index (χ3v) is 1.66. The molecule has 1 aliphatic carbocycles. The van der Waals surface area contributed by atoms with Gasteiger partial charge in [0.15, 0.2) is 5.78 Å². The second-order valence-electron chi connectivity index (χ2n) is 2.45. The Balaban J connectivity index is 2.54. The lowest BCUT2D eigenvalue weighted by Gasteiger charge is -2.05. The van der Waals surface area contributed by atoms with Gasteiger partial charge < -0.3 is 0 Å². The number of carbonyl (C=O) groups is 1. The van der Waals surface area contributed by atoms with Gasteiger partial charge in [-0.15, -0.1) is 0 Å². The number of hydrogen-bond donors (Lipinski definition) is 0. The van der Waals surface area contributed by atoms with Crippen LogP contribution in [0.15, 0.2) is 18.5 Å². The molecule has 0 bridgehead atoms. The highest BCUT2D eigenvalue weighted by atomic mass is 16.1. The molecule has 2 rings (SSSR count). The molecule has 1 aromatic rings. The summed E-state index contributed by atoms with van der Waals surface area (Å²) in [5, 5.41) is 7.41. The van der Waals surface area contributed by atoms with Gasteiger partial charge in [-0.05, 0) is 23.3 Å². The van der Waals surface area contributed by atoms with E-state index in [0.29, 0.717) is 6.42 Å². The Labute approximate surface area is 63.8 Å². The molecular formula is C8H6N2O. The summed E-state index contributed by atoms with van der Waals surface area (Å²) in [6.07, 6.45) is 7.11. The van der Waals surface area contributed by atoms with Crippen molar-refractivity contribution in [3.05, 3.63) is 29.6 Å². The summed E-state index contributed by atoms with van der Waals surface area (Å²) in [6.45, 7) is 0. The minimum Gasteiger partial charge on any atom is -0.294 e. The summed E-state index contributed by atoms with van der Waals surface area (Å²) >= 11 is 0. The minimum atomic E-state index is 0.130. The number of nitrogens with zero attached hydrogens (tertiary/aromatic N) is 2. The molecule has 1 heterocycles. The van der Waals surface area contributed by atoms with Crippen molar-refractivity contribution < 1.29 is 4.79 Å². The minimum absolute atomic E-state index is 0.130. The fourth-order valence-electron chi connectivity index (χ4n) is 1.08. The van der Waals surface area contributed by atoms with E-state index < -0.39 is 0 Å². The molecular weight excluding hydrogens is 140 g/mol. The SMILES string of the molecule is O=C1C=Cc2cnncc2C1. The second kappa shape index (κ2) is 2.27. The lowest BCUT2D eigenvalue weighted by Crippen LogP contribution is -2.05. The Bertz CT molecular complexity index is 331. The summed E-state index contributed by atoms with van der Waals surface area (Å²) in [5.74, 6) is 0.130. The van der Waals surface area contributed by atoms with Crippen molar-refractivity contribution in [3.63, 3.8) is 0 Å². The molecule has 3 nitrogen and oxygen atoms in total. The molecule has 0 saturated heterocycles. The highest BCUT2D eigenvalue weighted by molar-refractivity contribution is 5.98. The van der Waals surface area contributed by atoms with Crippen LogP contribution in [0.25, 0.3) is 6.08 Å². The number of fused-ring (bicyclic) bond motifs is 1. The monoisotopic (exact) mass is 146 g/mol. The molecule has 0 aromatic carbocycles. The van der Waals surface area contributed by atoms with E-state index in [1.54, 1.807) is 24.5 Å². The van der Waals surface area contributed by atoms with E-state index in [9.17, 15) is 4.79 Å². The van der Waals surface area contributed by atoms with E-state index in [1.165, 1.54) is 0 Å². The maximum Gasteiger partial charge on any atom is 0.160 e. The predicted octanol–water partition coefficient (Wildman–Crippen LogP) is 0.615. The number of ketones is 1. The standard InChI is InChI=1S/C8H6N2O/c11-8-2-1-6-4-9-10-5-7(6)3-8/h1-2,4-5H,3H2. The van der Waals surface area contributed by atoms with Crippen LogP contribution in [-0.2, 0) is 11.2 Å². The molecule has 0 saturated carbocycles. The maximum atomic E-state index is 10.9. The molecule has 0 radical (unpaired) electrons. The fourth-order valence-corrected chi connectivity index (χ4v) is 1.08. The van der Waals surface area contributed by atoms with Gasteiger partial charge in [-0.25, -0.2) is 0 Å². The zero-order chi connectivity index (χ0) is 7.68. The molecule has 0 fully saturated rings. The van der Waals surface area contributed by atoms with Crippen LogP contribution < -0.4 is 0 Å². The Morgan fingerprint density at radius 2 is 2.00 bits per heavy atom. The number of aromatic nitrogens is 2. The van der Waals surface area contributed by atoms with E-state index >= 15 is 0 Å². The largest absolute Gasteiger partial charge is 0.294 e. The summed E-state index contributed by atoms with van der Waals surface area (Å²) in [5.41, 5.74) is 1.96. The predicted molar refractivity (Wildman–Crippen MR) is 39.8 cm³/mol. The first-order valence-corrected chi connectivity index (χ1v) is 3.37. The molecule has 54 valence electrons. The first-order chi connectivity index (χ1) is 5.36. The van der Waals surface area contributed by atoms with Gasteiger partial charge in [0.05, 0.1) is 12.4 Å². The first kappa shape index (κ1) is 6.22. The van der Waals surface area contributed by atoms with Gasteiger partial charge in [-0.2, -0.15) is 10.2 Å². The summed E-state index contributed by atoms with van der Waals surface area (Å²) in [4.78, 5) is 10.9. The molecule has 1 aliphatic rings. The Kier molecular flexibility index (Phi) is 1.28. The summed E-state index contributed by atoms with van der Waals surface area (Å²) < 4.78 is 0. The van der Waals surface area contributed by atoms with Gasteiger partial charge in [0, 0.05) is 6.42 Å². The average molecular weight is 146 g/mol. The molecule has 3 heteroatoms. The van der Waals surface area contributed by atoms with Crippen molar-refractivity contribution in [2.24, 2.45) is 0 Å². The molecule has 11 heavy (non-hydrogen) atoms. The van der Waals surface area contributed by atoms with Crippen LogP contribution in [0.1, 0.15) is 11.1 Å². The normalized spacial score (nSPS) is 14.7. The van der Waals surface area contributed by atoms with Crippen LogP contribution >= 0.6 is 0 Å². The second-order valence-corrected chi connectivity index (χ2v) is 2.45. The third-order valence-electron chi connectivity index (χ3n) is 1.66. The Hall–Kier alpha value is -1.51. The van der Waals surface area contributed by atoms with Gasteiger partial charge in [-0.1, -0.05) is 0 Å². The van der Waals surface area contributed by atoms with Gasteiger partial charge in [-0.3, -0.25) is 4.79 Å². The molecule has 0 aliphatic heterocycles. The smallest absolute Gasteiger partial charge is 0.160 e. The molecule has 0 amide bonds. The average Bonchev–Trinajstić information content (AvgIpc) is 2.04. The first-order valence-electron chi connectivity index (χ1n) is 3.37. The zero-order valence-corrected chi connectivity index (χ0v) is 5.82. The van der Waals surface area contributed by atoms with Crippen LogP contribution in [0.5, 0.6) is 0 Å². The van der Waals surface area contributed by atoms with Crippen molar-refractivity contribution in [2.75, 3.05) is 0 Å². The highest BCUT2D eigenvalue weighted by Gasteiger charge is 2.09. The van der Waals surface area contributed by atoms with E-state index in [4.69, 9.17) is 0 Å². The lowest BCUT2D eigenvalue weighted by molar-refractivity contribution is -0.114. The van der Waals surface area contributed by atoms with Crippen molar-refractivity contribution in [1.29, 1.82) is 0 Å². The Morgan fingerprint density at radius 3 is 2.91 bits per heavy atom. The van der Waals surface area contributed by atoms with Gasteiger partial charge in [0.2, 0.25) is 0 Å². The van der Waals surface area contributed by atoms with Crippen LogP contribution in [-0.4, -0.2) is 16.0 Å². The van der Waals surface area contributed by atoms with Crippen molar-refractivity contribution in [2.45, 2.75) is 6.42 Å². The quantitative estimate of drug-likeness (QED) is 0.538. The molecule has 1 aromatic heterocycles. The number of allylic oxidation sites excluding steroid dienone is 1. The van der Waals surface area contributed by atoms with Gasteiger partial charge >= 0.3 is 0 Å². The van der Waals surface area contributed by atoms with Crippen molar-refractivity contribution in [3.8, 4) is 0 Å². The van der Waals surface area contributed by atoms with Crippen LogP contribution in [0, 0.1) is 0 Å². The number of rotatable bonds is 0. The van der Waals surface area contributed by atoms with Crippen LogP contribution in [0.3, 0.4) is 0 Å². The van der Waals surface area contributed by atoms with Gasteiger partial charge in [0.1, 0.15) is 0 Å². The van der Waals surface area contributed by atoms with Crippen molar-refractivity contribution >= 4 is 11.9 Å². The summed E-state index contributed by atoms with van der Waals surface area (Å²) in [6, 6.07) is 0. The number of hydrogen-bond acceptors (Lipinski definition) is 3. The zero-order valence-electron chi connectivity index (χ0n) is 5.82. The summed E-state index contributed by atoms with van der Waals surface area (Å²) in [7, 11) is 0. The Morgan fingerprint density at radius 1 is 1.18 bits per heavy atom. The third kappa shape index (κ3) is 1.05. The van der Waals surface area contributed by atoms with E-state index in [2.05, 4.69) is 10.2 Å². The van der Waals surface area contributed by atoms with E-state index in [-0.39, 0.29) is 5.78 Å². The van der Waals surface area contributed by atoms with Crippen LogP contribution in [0.2, 0.25) is 0 Å². The van der Waals surface area contributed by atoms with Crippen molar-refractivity contribution in [1.82, 2.24) is 10.2 Å².